The molecular weight excluding hydrogens is 346 g/mol. The largest absolute Gasteiger partial charge is 0.461 e. The lowest BCUT2D eigenvalue weighted by molar-refractivity contribution is 0.0514. The normalized spacial score (nSPS) is 13.2. The second-order valence-electron chi connectivity index (χ2n) is 6.38. The lowest BCUT2D eigenvalue weighted by atomic mass is 10.1. The molecule has 7 nitrogen and oxygen atoms in total. The minimum absolute atomic E-state index is 0.266. The van der Waals surface area contributed by atoms with E-state index in [1.165, 1.54) is 0 Å². The van der Waals surface area contributed by atoms with E-state index in [4.69, 9.17) is 9.47 Å². The monoisotopic (exact) mass is 371 g/mol. The summed E-state index contributed by atoms with van der Waals surface area (Å²) in [4.78, 5) is 26.4. The lowest BCUT2D eigenvalue weighted by Crippen LogP contribution is -2.37. The summed E-state index contributed by atoms with van der Waals surface area (Å²) in [5.41, 5.74) is 2.81. The molecule has 0 saturated carbocycles. The highest BCUT2D eigenvalue weighted by molar-refractivity contribution is 5.89. The fourth-order valence-corrected chi connectivity index (χ4v) is 3.12. The maximum absolute atomic E-state index is 12.4. The van der Waals surface area contributed by atoms with Gasteiger partial charge in [-0.3, -0.25) is 0 Å². The van der Waals surface area contributed by atoms with Gasteiger partial charge in [0.15, 0.2) is 5.69 Å². The number of fused-ring (bicyclic) bond motifs is 1. The van der Waals surface area contributed by atoms with E-state index >= 15 is 0 Å². The molecule has 0 saturated heterocycles. The minimum Gasteiger partial charge on any atom is -0.461 e. The highest BCUT2D eigenvalue weighted by atomic mass is 16.6. The predicted molar refractivity (Wildman–Crippen MR) is 99.9 cm³/mol. The Labute approximate surface area is 158 Å². The van der Waals surface area contributed by atoms with Gasteiger partial charge in [-0.2, -0.15) is 5.10 Å². The Morgan fingerprint density at radius 1 is 1.15 bits per heavy atom. The van der Waals surface area contributed by atoms with Gasteiger partial charge in [-0.15, -0.1) is 0 Å². The first-order valence-corrected chi connectivity index (χ1v) is 9.40. The SMILES string of the molecule is CCCCOC(=O)N1CCc2c(c(C(=O)OCC)nn2-c2ccccc2)C1. The Morgan fingerprint density at radius 2 is 1.93 bits per heavy atom. The van der Waals surface area contributed by atoms with Crippen LogP contribution in [0.15, 0.2) is 30.3 Å². The van der Waals surface area contributed by atoms with Crippen molar-refractivity contribution in [3.63, 3.8) is 0 Å². The van der Waals surface area contributed by atoms with E-state index in [9.17, 15) is 9.59 Å². The number of rotatable bonds is 6. The quantitative estimate of drug-likeness (QED) is 0.575. The highest BCUT2D eigenvalue weighted by Crippen LogP contribution is 2.26. The number of hydrogen-bond acceptors (Lipinski definition) is 5. The van der Waals surface area contributed by atoms with Crippen LogP contribution in [-0.4, -0.2) is 46.5 Å². The second-order valence-corrected chi connectivity index (χ2v) is 6.38. The van der Waals surface area contributed by atoms with E-state index in [1.54, 1.807) is 16.5 Å². The van der Waals surface area contributed by atoms with Gasteiger partial charge >= 0.3 is 12.1 Å². The maximum atomic E-state index is 12.4. The first-order chi connectivity index (χ1) is 13.2. The summed E-state index contributed by atoms with van der Waals surface area (Å²) < 4.78 is 12.3. The Bertz CT molecular complexity index is 801. The Kier molecular flexibility index (Phi) is 6.11. The first-order valence-electron chi connectivity index (χ1n) is 9.40. The third-order valence-corrected chi connectivity index (χ3v) is 4.51. The number of para-hydroxylation sites is 1. The average Bonchev–Trinajstić information content (AvgIpc) is 3.08. The summed E-state index contributed by atoms with van der Waals surface area (Å²) >= 11 is 0. The molecule has 0 bridgehead atoms. The molecule has 0 aliphatic carbocycles. The molecule has 1 aromatic heterocycles. The van der Waals surface area contributed by atoms with E-state index in [0.717, 1.165) is 29.8 Å². The van der Waals surface area contributed by atoms with E-state index in [-0.39, 0.29) is 18.4 Å². The molecule has 2 aromatic rings. The molecule has 1 aliphatic heterocycles. The van der Waals surface area contributed by atoms with Crippen LogP contribution in [0.5, 0.6) is 0 Å². The molecule has 0 spiro atoms. The van der Waals surface area contributed by atoms with E-state index in [0.29, 0.717) is 26.1 Å². The van der Waals surface area contributed by atoms with Gasteiger partial charge in [-0.1, -0.05) is 31.5 Å². The van der Waals surface area contributed by atoms with Gasteiger partial charge < -0.3 is 14.4 Å². The summed E-state index contributed by atoms with van der Waals surface area (Å²) in [7, 11) is 0. The number of carbonyl (C=O) groups is 2. The van der Waals surface area contributed by atoms with Crippen LogP contribution in [0.3, 0.4) is 0 Å². The molecule has 0 fully saturated rings. The fraction of sp³-hybridized carbons (Fsp3) is 0.450. The van der Waals surface area contributed by atoms with E-state index in [1.807, 2.05) is 37.3 Å². The Hall–Kier alpha value is -2.83. The fourth-order valence-electron chi connectivity index (χ4n) is 3.12. The van der Waals surface area contributed by atoms with Crippen LogP contribution in [-0.2, 0) is 22.4 Å². The molecule has 1 aromatic carbocycles. The van der Waals surface area contributed by atoms with Crippen LogP contribution in [0.1, 0.15) is 48.4 Å². The molecule has 144 valence electrons. The third-order valence-electron chi connectivity index (χ3n) is 4.51. The first kappa shape index (κ1) is 18.9. The van der Waals surface area contributed by atoms with Crippen molar-refractivity contribution in [2.45, 2.75) is 39.7 Å². The van der Waals surface area contributed by atoms with Gasteiger partial charge in [0.2, 0.25) is 0 Å². The van der Waals surface area contributed by atoms with Crippen LogP contribution in [0.25, 0.3) is 5.69 Å². The molecule has 2 heterocycles. The zero-order chi connectivity index (χ0) is 19.2. The summed E-state index contributed by atoms with van der Waals surface area (Å²) in [6.07, 6.45) is 2.05. The van der Waals surface area contributed by atoms with Gasteiger partial charge in [-0.25, -0.2) is 14.3 Å². The molecule has 0 atom stereocenters. The van der Waals surface area contributed by atoms with E-state index in [2.05, 4.69) is 5.10 Å². The van der Waals surface area contributed by atoms with Crippen molar-refractivity contribution in [2.24, 2.45) is 0 Å². The molecule has 27 heavy (non-hydrogen) atoms. The van der Waals surface area contributed by atoms with Crippen molar-refractivity contribution in [1.82, 2.24) is 14.7 Å². The number of esters is 1. The highest BCUT2D eigenvalue weighted by Gasteiger charge is 2.31. The standard InChI is InChI=1S/C20H25N3O4/c1-3-5-13-27-20(25)22-12-11-17-16(14-22)18(19(24)26-4-2)21-23(17)15-9-7-6-8-10-15/h6-10H,3-5,11-14H2,1-2H3. The Balaban J connectivity index is 1.90. The van der Waals surface area contributed by atoms with Crippen molar-refractivity contribution in [1.29, 1.82) is 0 Å². The topological polar surface area (TPSA) is 73.7 Å². The van der Waals surface area contributed by atoms with Crippen LogP contribution < -0.4 is 0 Å². The number of hydrogen-bond donors (Lipinski definition) is 0. The van der Waals surface area contributed by atoms with Gasteiger partial charge in [0, 0.05) is 18.5 Å². The maximum Gasteiger partial charge on any atom is 0.410 e. The van der Waals surface area contributed by atoms with Crippen molar-refractivity contribution >= 4 is 12.1 Å². The van der Waals surface area contributed by atoms with Gasteiger partial charge in [0.1, 0.15) is 0 Å². The van der Waals surface area contributed by atoms with Gasteiger partial charge in [-0.05, 0) is 25.5 Å². The number of benzene rings is 1. The smallest absolute Gasteiger partial charge is 0.410 e. The minimum atomic E-state index is -0.468. The number of ether oxygens (including phenoxy) is 2. The van der Waals surface area contributed by atoms with Crippen LogP contribution >= 0.6 is 0 Å². The molecule has 0 unspecified atom stereocenters. The lowest BCUT2D eigenvalue weighted by Gasteiger charge is -2.27. The summed E-state index contributed by atoms with van der Waals surface area (Å²) in [5.74, 6) is -0.468. The van der Waals surface area contributed by atoms with Gasteiger partial charge in [0.05, 0.1) is 31.1 Å². The van der Waals surface area contributed by atoms with Crippen LogP contribution in [0, 0.1) is 0 Å². The molecule has 0 N–H and O–H groups in total. The number of amides is 1. The number of nitrogens with zero attached hydrogens (tertiary/aromatic N) is 3. The predicted octanol–water partition coefficient (Wildman–Crippen LogP) is 3.34. The van der Waals surface area contributed by atoms with Crippen molar-refractivity contribution in [2.75, 3.05) is 19.8 Å². The van der Waals surface area contributed by atoms with Crippen molar-refractivity contribution in [3.8, 4) is 5.69 Å². The third kappa shape index (κ3) is 4.13. The molecule has 0 radical (unpaired) electrons. The van der Waals surface area contributed by atoms with Crippen LogP contribution in [0.4, 0.5) is 4.79 Å². The zero-order valence-electron chi connectivity index (χ0n) is 15.8. The molecule has 1 aliphatic rings. The Morgan fingerprint density at radius 3 is 2.63 bits per heavy atom. The van der Waals surface area contributed by atoms with E-state index < -0.39 is 5.97 Å². The average molecular weight is 371 g/mol. The summed E-state index contributed by atoms with van der Waals surface area (Å²) in [5, 5.41) is 4.51. The summed E-state index contributed by atoms with van der Waals surface area (Å²) in [6, 6.07) is 9.66. The van der Waals surface area contributed by atoms with Crippen molar-refractivity contribution < 1.29 is 19.1 Å². The van der Waals surface area contributed by atoms with Crippen LogP contribution in [0.2, 0.25) is 0 Å². The second kappa shape index (κ2) is 8.70. The zero-order valence-corrected chi connectivity index (χ0v) is 15.8. The number of carbonyl (C=O) groups excluding carboxylic acids is 2. The number of unbranched alkanes of at least 4 members (excludes halogenated alkanes) is 1. The van der Waals surface area contributed by atoms with Gasteiger partial charge in [0.25, 0.3) is 0 Å². The van der Waals surface area contributed by atoms with Crippen molar-refractivity contribution in [3.05, 3.63) is 47.3 Å². The molecule has 7 heteroatoms. The molecular formula is C20H25N3O4. The number of aromatic nitrogens is 2. The molecule has 1 amide bonds. The summed E-state index contributed by atoms with van der Waals surface area (Å²) in [6.45, 7) is 5.31. The molecule has 3 rings (SSSR count).